The SMILES string of the molecule is COc1ccc([C@@H](C)N(C(=O)C(c2ccccc2)c2ccccc2)[C@H](CCCNC(N)=S)C(N)=O)cc1. The van der Waals surface area contributed by atoms with Crippen molar-refractivity contribution in [2.24, 2.45) is 11.5 Å². The van der Waals surface area contributed by atoms with Gasteiger partial charge in [0.1, 0.15) is 11.8 Å². The van der Waals surface area contributed by atoms with E-state index in [9.17, 15) is 9.59 Å². The number of carbonyl (C=O) groups excluding carboxylic acids is 2. The van der Waals surface area contributed by atoms with E-state index in [2.05, 4.69) is 5.32 Å². The lowest BCUT2D eigenvalue weighted by atomic mass is 9.88. The van der Waals surface area contributed by atoms with Crippen molar-refractivity contribution >= 4 is 29.1 Å². The van der Waals surface area contributed by atoms with Crippen molar-refractivity contribution in [1.29, 1.82) is 0 Å². The van der Waals surface area contributed by atoms with E-state index in [0.717, 1.165) is 16.7 Å². The van der Waals surface area contributed by atoms with Crippen LogP contribution in [0.1, 0.15) is 48.4 Å². The highest BCUT2D eigenvalue weighted by atomic mass is 32.1. The molecule has 3 aromatic carbocycles. The minimum atomic E-state index is -0.840. The van der Waals surface area contributed by atoms with Gasteiger partial charge in [0, 0.05) is 6.54 Å². The average Bonchev–Trinajstić information content (AvgIpc) is 2.91. The van der Waals surface area contributed by atoms with Crippen LogP contribution >= 0.6 is 12.2 Å². The molecule has 2 atom stereocenters. The number of rotatable bonds is 12. The zero-order valence-corrected chi connectivity index (χ0v) is 22.0. The Kier molecular flexibility index (Phi) is 10.0. The fourth-order valence-electron chi connectivity index (χ4n) is 4.50. The highest BCUT2D eigenvalue weighted by Crippen LogP contribution is 2.33. The molecule has 0 saturated carbocycles. The van der Waals surface area contributed by atoms with Crippen molar-refractivity contribution in [2.75, 3.05) is 13.7 Å². The lowest BCUT2D eigenvalue weighted by Crippen LogP contribution is -2.51. The number of primary amides is 1. The molecule has 8 heteroatoms. The summed E-state index contributed by atoms with van der Waals surface area (Å²) >= 11 is 4.89. The Hall–Kier alpha value is -3.91. The minimum absolute atomic E-state index is 0.184. The molecule has 0 saturated heterocycles. The second kappa shape index (κ2) is 13.4. The van der Waals surface area contributed by atoms with Gasteiger partial charge in [-0.2, -0.15) is 0 Å². The smallest absolute Gasteiger partial charge is 0.240 e. The lowest BCUT2D eigenvalue weighted by molar-refractivity contribution is -0.142. The van der Waals surface area contributed by atoms with Gasteiger partial charge in [0.15, 0.2) is 5.11 Å². The van der Waals surface area contributed by atoms with E-state index in [4.69, 9.17) is 28.4 Å². The zero-order chi connectivity index (χ0) is 26.8. The van der Waals surface area contributed by atoms with Gasteiger partial charge < -0.3 is 26.4 Å². The summed E-state index contributed by atoms with van der Waals surface area (Å²) in [6, 6.07) is 25.4. The van der Waals surface area contributed by atoms with E-state index in [-0.39, 0.29) is 11.0 Å². The molecule has 37 heavy (non-hydrogen) atoms. The number of carbonyl (C=O) groups is 2. The van der Waals surface area contributed by atoms with Gasteiger partial charge in [-0.1, -0.05) is 72.8 Å². The number of nitrogens with two attached hydrogens (primary N) is 2. The van der Waals surface area contributed by atoms with Gasteiger partial charge in [-0.25, -0.2) is 0 Å². The predicted octanol–water partition coefficient (Wildman–Crippen LogP) is 3.88. The number of ether oxygens (including phenoxy) is 1. The third-order valence-electron chi connectivity index (χ3n) is 6.40. The molecule has 0 aliphatic rings. The van der Waals surface area contributed by atoms with Gasteiger partial charge in [0.2, 0.25) is 11.8 Å². The summed E-state index contributed by atoms with van der Waals surface area (Å²) in [5, 5.41) is 3.08. The second-order valence-electron chi connectivity index (χ2n) is 8.80. The van der Waals surface area contributed by atoms with Crippen molar-refractivity contribution in [3.05, 3.63) is 102 Å². The van der Waals surface area contributed by atoms with Gasteiger partial charge in [-0.3, -0.25) is 9.59 Å². The van der Waals surface area contributed by atoms with Crippen molar-refractivity contribution < 1.29 is 14.3 Å². The van der Waals surface area contributed by atoms with Crippen LogP contribution in [0.2, 0.25) is 0 Å². The maximum absolute atomic E-state index is 14.5. The standard InChI is InChI=1S/C29H34N4O3S/c1-20(21-15-17-24(36-2)18-16-21)33(25(27(30)34)14-9-19-32-29(31)37)28(35)26(22-10-5-3-6-11-22)23-12-7-4-8-13-23/h3-8,10-13,15-18,20,25-26H,9,14,19H2,1-2H3,(H2,30,34)(H3,31,32,37)/t20-,25-/m1/s1. The van der Waals surface area contributed by atoms with E-state index in [1.807, 2.05) is 91.9 Å². The number of nitrogens with zero attached hydrogens (tertiary/aromatic N) is 1. The highest BCUT2D eigenvalue weighted by molar-refractivity contribution is 7.80. The maximum atomic E-state index is 14.5. The molecule has 0 spiro atoms. The summed E-state index contributed by atoms with van der Waals surface area (Å²) in [6.07, 6.45) is 0.902. The third-order valence-corrected chi connectivity index (χ3v) is 6.54. The Morgan fingerprint density at radius 2 is 1.43 bits per heavy atom. The van der Waals surface area contributed by atoms with Gasteiger partial charge in [0.05, 0.1) is 19.1 Å². The monoisotopic (exact) mass is 518 g/mol. The number of hydrogen-bond donors (Lipinski definition) is 3. The largest absolute Gasteiger partial charge is 0.497 e. The topological polar surface area (TPSA) is 111 Å². The van der Waals surface area contributed by atoms with Crippen LogP contribution in [0, 0.1) is 0 Å². The molecular formula is C29H34N4O3S. The van der Waals surface area contributed by atoms with Gasteiger partial charge in [-0.15, -0.1) is 0 Å². The van der Waals surface area contributed by atoms with Gasteiger partial charge in [-0.05, 0) is 60.8 Å². The molecule has 2 amide bonds. The Morgan fingerprint density at radius 3 is 1.89 bits per heavy atom. The summed E-state index contributed by atoms with van der Waals surface area (Å²) < 4.78 is 5.30. The van der Waals surface area contributed by atoms with Crippen LogP contribution in [-0.2, 0) is 9.59 Å². The van der Waals surface area contributed by atoms with Crippen LogP contribution in [0.5, 0.6) is 5.75 Å². The Balaban J connectivity index is 2.06. The van der Waals surface area contributed by atoms with E-state index >= 15 is 0 Å². The molecule has 0 aliphatic heterocycles. The van der Waals surface area contributed by atoms with E-state index < -0.39 is 23.9 Å². The highest BCUT2D eigenvalue weighted by Gasteiger charge is 2.37. The summed E-state index contributed by atoms with van der Waals surface area (Å²) in [4.78, 5) is 29.0. The van der Waals surface area contributed by atoms with Crippen molar-refractivity contribution in [3.8, 4) is 5.75 Å². The van der Waals surface area contributed by atoms with Crippen LogP contribution in [-0.4, -0.2) is 41.5 Å². The van der Waals surface area contributed by atoms with Crippen LogP contribution in [0.3, 0.4) is 0 Å². The average molecular weight is 519 g/mol. The van der Waals surface area contributed by atoms with Crippen LogP contribution in [0.4, 0.5) is 0 Å². The van der Waals surface area contributed by atoms with Crippen LogP contribution in [0.25, 0.3) is 0 Å². The first-order valence-corrected chi connectivity index (χ1v) is 12.6. The van der Waals surface area contributed by atoms with Gasteiger partial charge in [0.25, 0.3) is 0 Å². The first kappa shape index (κ1) is 27.7. The number of amides is 2. The third kappa shape index (κ3) is 7.30. The quantitative estimate of drug-likeness (QED) is 0.248. The summed E-state index contributed by atoms with van der Waals surface area (Å²) in [5.41, 5.74) is 14.0. The second-order valence-corrected chi connectivity index (χ2v) is 9.24. The van der Waals surface area contributed by atoms with E-state index in [1.165, 1.54) is 0 Å². The molecule has 0 radical (unpaired) electrons. The molecule has 0 fully saturated rings. The predicted molar refractivity (Wildman–Crippen MR) is 150 cm³/mol. The molecule has 3 aromatic rings. The molecular weight excluding hydrogens is 484 g/mol. The summed E-state index contributed by atoms with van der Waals surface area (Å²) in [6.45, 7) is 2.38. The molecule has 7 nitrogen and oxygen atoms in total. The minimum Gasteiger partial charge on any atom is -0.497 e. The van der Waals surface area contributed by atoms with E-state index in [1.54, 1.807) is 12.0 Å². The Bertz CT molecular complexity index is 1130. The van der Waals surface area contributed by atoms with Crippen LogP contribution in [0.15, 0.2) is 84.9 Å². The Labute approximate surface area is 223 Å². The number of methoxy groups -OCH3 is 1. The van der Waals surface area contributed by atoms with E-state index in [0.29, 0.717) is 25.1 Å². The van der Waals surface area contributed by atoms with Crippen molar-refractivity contribution in [2.45, 2.75) is 37.8 Å². The fraction of sp³-hybridized carbons (Fsp3) is 0.276. The molecule has 0 bridgehead atoms. The first-order chi connectivity index (χ1) is 17.8. The summed E-state index contributed by atoms with van der Waals surface area (Å²) in [7, 11) is 1.60. The maximum Gasteiger partial charge on any atom is 0.240 e. The number of nitrogens with one attached hydrogen (secondary N) is 1. The zero-order valence-electron chi connectivity index (χ0n) is 21.2. The fourth-order valence-corrected chi connectivity index (χ4v) is 4.60. The first-order valence-electron chi connectivity index (χ1n) is 12.2. The van der Waals surface area contributed by atoms with Crippen molar-refractivity contribution in [3.63, 3.8) is 0 Å². The van der Waals surface area contributed by atoms with Gasteiger partial charge >= 0.3 is 0 Å². The molecule has 0 unspecified atom stereocenters. The Morgan fingerprint density at radius 1 is 0.892 bits per heavy atom. The molecule has 194 valence electrons. The van der Waals surface area contributed by atoms with Crippen LogP contribution < -0.4 is 21.5 Å². The number of benzene rings is 3. The molecule has 0 aromatic heterocycles. The number of hydrogen-bond acceptors (Lipinski definition) is 4. The van der Waals surface area contributed by atoms with Crippen molar-refractivity contribution in [1.82, 2.24) is 10.2 Å². The number of thiocarbonyl (C=S) groups is 1. The summed E-state index contributed by atoms with van der Waals surface area (Å²) in [5.74, 6) is -0.675. The molecule has 3 rings (SSSR count). The molecule has 0 aliphatic carbocycles. The normalized spacial score (nSPS) is 12.4. The molecule has 0 heterocycles. The lowest BCUT2D eigenvalue weighted by Gasteiger charge is -2.38. The molecule has 5 N–H and O–H groups in total.